The van der Waals surface area contributed by atoms with Gasteiger partial charge in [-0.25, -0.2) is 19.6 Å². The second kappa shape index (κ2) is 34.8. The van der Waals surface area contributed by atoms with E-state index in [9.17, 15) is 28.8 Å². The third-order valence-electron chi connectivity index (χ3n) is 15.4. The highest BCUT2D eigenvalue weighted by molar-refractivity contribution is 7.22. The number of hydrazone groups is 1. The number of ether oxygens (including phenoxy) is 9. The number of fused-ring (bicyclic) bond motifs is 2. The average molecular weight is 1220 g/mol. The Bertz CT molecular complexity index is 3280. The smallest absolute Gasteiger partial charge is 0.330 e. The van der Waals surface area contributed by atoms with Gasteiger partial charge in [0.1, 0.15) is 41.1 Å². The lowest BCUT2D eigenvalue weighted by molar-refractivity contribution is -0.145. The minimum atomic E-state index is -0.507. The predicted molar refractivity (Wildman–Crippen MR) is 336 cm³/mol. The molecule has 0 aliphatic heterocycles. The summed E-state index contributed by atoms with van der Waals surface area (Å²) in [6.45, 7) is 11.7. The van der Waals surface area contributed by atoms with Gasteiger partial charge in [0.05, 0.1) is 66.5 Å². The van der Waals surface area contributed by atoms with Crippen molar-refractivity contribution in [2.75, 3.05) is 51.2 Å². The highest BCUT2D eigenvalue weighted by Crippen LogP contribution is 2.40. The maximum absolute atomic E-state index is 14.4. The molecule has 2 fully saturated rings. The summed E-state index contributed by atoms with van der Waals surface area (Å²) < 4.78 is 52.4. The highest BCUT2D eigenvalue weighted by Gasteiger charge is 2.35. The van der Waals surface area contributed by atoms with Crippen molar-refractivity contribution in [1.29, 1.82) is 0 Å². The SMILES string of the molecule is C=CC(=O)OCCCCCCOc1ccc(OC(=O)C2CCC(C(=O)Oc3cc(/C=N/N(CCCCCC)c4nc5ccccc5s4)c(OC(=O)C4CCC(C(=O)Oc5ccc(OCCOCCCOC(=O)C=C)cc5)CC4)c4ccccc34)CC2)cc1. The zero-order valence-electron chi connectivity index (χ0n) is 50.1. The van der Waals surface area contributed by atoms with E-state index in [1.165, 1.54) is 11.3 Å². The van der Waals surface area contributed by atoms with Gasteiger partial charge in [0.15, 0.2) is 0 Å². The van der Waals surface area contributed by atoms with Gasteiger partial charge in [0, 0.05) is 48.1 Å². The summed E-state index contributed by atoms with van der Waals surface area (Å²) in [7, 11) is 0. The number of benzene rings is 5. The first kappa shape index (κ1) is 65.6. The van der Waals surface area contributed by atoms with Crippen LogP contribution in [-0.4, -0.2) is 93.2 Å². The molecule has 0 N–H and O–H groups in total. The molecule has 2 aliphatic carbocycles. The molecule has 18 nitrogen and oxygen atoms in total. The second-order valence-corrected chi connectivity index (χ2v) is 22.8. The van der Waals surface area contributed by atoms with Crippen LogP contribution in [0.2, 0.25) is 0 Å². The number of carbonyl (C=O) groups is 6. The number of esters is 6. The Balaban J connectivity index is 0.889. The number of hydrogen-bond donors (Lipinski definition) is 0. The van der Waals surface area contributed by atoms with Gasteiger partial charge < -0.3 is 42.6 Å². The van der Waals surface area contributed by atoms with Crippen molar-refractivity contribution < 1.29 is 71.4 Å². The third kappa shape index (κ3) is 20.1. The van der Waals surface area contributed by atoms with Crippen LogP contribution in [0.1, 0.15) is 122 Å². The Morgan fingerprint density at radius 1 is 0.534 bits per heavy atom. The standard InChI is InChI=1S/C69H79N3O15S/c1-4-7-8-15-39-72(69-71-59-21-13-14-22-61(59)88-69)70-47-52-46-60(86-67(77)50-27-23-48(24-28-50)65(75)84-55-35-31-53(32-36-55)80-41-16-9-10-17-42-82-62(73)5-2)57-19-11-12-20-58(57)64(52)87-68(78)51-29-25-49(26-30-51)66(76)85-56-37-33-54(34-38-56)81-45-44-79-40-18-43-83-63(74)6-3/h5-6,11-14,19-22,31-38,46-51H,2-4,7-10,15-18,23-30,39-45H2,1H3/b70-47+. The molecule has 6 aromatic rings. The molecule has 0 atom stereocenters. The quantitative estimate of drug-likeness (QED) is 0.00917. The minimum absolute atomic E-state index is 0.246. The zero-order chi connectivity index (χ0) is 61.9. The molecule has 88 heavy (non-hydrogen) atoms. The summed E-state index contributed by atoms with van der Waals surface area (Å²) in [6.07, 6.45) is 15.3. The van der Waals surface area contributed by atoms with E-state index in [2.05, 4.69) is 20.1 Å². The van der Waals surface area contributed by atoms with Gasteiger partial charge in [0.2, 0.25) is 5.13 Å². The number of carbonyl (C=O) groups excluding carboxylic acids is 6. The topological polar surface area (TPSA) is 214 Å². The molecule has 0 spiro atoms. The molecule has 2 aliphatic rings. The van der Waals surface area contributed by atoms with Gasteiger partial charge in [-0.15, -0.1) is 0 Å². The Labute approximate surface area is 518 Å². The third-order valence-corrected chi connectivity index (χ3v) is 16.4. The second-order valence-electron chi connectivity index (χ2n) is 21.8. The van der Waals surface area contributed by atoms with Crippen molar-refractivity contribution in [3.8, 4) is 34.5 Å². The van der Waals surface area contributed by atoms with Crippen LogP contribution in [0.15, 0.2) is 134 Å². The molecule has 1 aromatic heterocycles. The average Bonchev–Trinajstić information content (AvgIpc) is 3.05. The largest absolute Gasteiger partial charge is 0.494 e. The number of nitrogens with zero attached hydrogens (tertiary/aromatic N) is 3. The number of rotatable bonds is 34. The number of aromatic nitrogens is 1. The maximum Gasteiger partial charge on any atom is 0.330 e. The minimum Gasteiger partial charge on any atom is -0.494 e. The summed E-state index contributed by atoms with van der Waals surface area (Å²) in [5.41, 5.74) is 1.28. The van der Waals surface area contributed by atoms with Crippen LogP contribution in [0, 0.1) is 23.7 Å². The monoisotopic (exact) mass is 1220 g/mol. The number of hydrogen-bond acceptors (Lipinski definition) is 19. The van der Waals surface area contributed by atoms with Gasteiger partial charge in [-0.05, 0) is 150 Å². The molecule has 0 bridgehead atoms. The van der Waals surface area contributed by atoms with E-state index < -0.39 is 47.5 Å². The number of thiazole rings is 1. The first-order valence-corrected chi connectivity index (χ1v) is 31.5. The fourth-order valence-corrected chi connectivity index (χ4v) is 11.4. The van der Waals surface area contributed by atoms with Crippen LogP contribution in [0.3, 0.4) is 0 Å². The van der Waals surface area contributed by atoms with Crippen molar-refractivity contribution >= 4 is 79.5 Å². The number of unbranched alkanes of at least 4 members (excludes halogenated alkanes) is 6. The molecule has 0 saturated heterocycles. The van der Waals surface area contributed by atoms with Crippen molar-refractivity contribution in [3.05, 3.63) is 134 Å². The molecule has 5 aromatic carbocycles. The molecule has 0 amide bonds. The van der Waals surface area contributed by atoms with Crippen LogP contribution in [0.4, 0.5) is 5.13 Å². The van der Waals surface area contributed by atoms with E-state index in [1.54, 1.807) is 60.8 Å². The van der Waals surface area contributed by atoms with Crippen LogP contribution >= 0.6 is 11.3 Å². The zero-order valence-corrected chi connectivity index (χ0v) is 50.9. The lowest BCUT2D eigenvalue weighted by atomic mass is 9.82. The molecular formula is C69H79N3O15S. The van der Waals surface area contributed by atoms with E-state index >= 15 is 0 Å². The van der Waals surface area contributed by atoms with Crippen molar-refractivity contribution in [3.63, 3.8) is 0 Å². The van der Waals surface area contributed by atoms with Crippen LogP contribution in [-0.2, 0) is 43.0 Å². The first-order chi connectivity index (χ1) is 43.0. The molecular weight excluding hydrogens is 1140 g/mol. The lowest BCUT2D eigenvalue weighted by Crippen LogP contribution is -2.31. The Morgan fingerprint density at radius 2 is 1.03 bits per heavy atom. The summed E-state index contributed by atoms with van der Waals surface area (Å²) in [4.78, 5) is 82.7. The Hall–Kier alpha value is -8.42. The summed E-state index contributed by atoms with van der Waals surface area (Å²) in [5.74, 6) is -1.73. The van der Waals surface area contributed by atoms with Crippen molar-refractivity contribution in [2.24, 2.45) is 28.8 Å². The van der Waals surface area contributed by atoms with E-state index in [1.807, 2.05) is 53.5 Å². The van der Waals surface area contributed by atoms with Gasteiger partial charge in [0.25, 0.3) is 0 Å². The number of anilines is 1. The molecule has 8 rings (SSSR count). The number of para-hydroxylation sites is 1. The summed E-state index contributed by atoms with van der Waals surface area (Å²) in [6, 6.07) is 30.7. The predicted octanol–water partition coefficient (Wildman–Crippen LogP) is 13.7. The first-order valence-electron chi connectivity index (χ1n) is 30.7. The molecule has 466 valence electrons. The molecule has 19 heteroatoms. The lowest BCUT2D eigenvalue weighted by Gasteiger charge is -2.27. The molecule has 0 unspecified atom stereocenters. The van der Waals surface area contributed by atoms with E-state index in [-0.39, 0.29) is 30.0 Å². The van der Waals surface area contributed by atoms with E-state index in [4.69, 9.17) is 52.7 Å². The summed E-state index contributed by atoms with van der Waals surface area (Å²) >= 11 is 1.54. The van der Waals surface area contributed by atoms with Gasteiger partial charge >= 0.3 is 35.8 Å². The van der Waals surface area contributed by atoms with Crippen LogP contribution < -0.4 is 33.4 Å². The van der Waals surface area contributed by atoms with Gasteiger partial charge in [-0.1, -0.05) is 87.1 Å². The van der Waals surface area contributed by atoms with Crippen LogP contribution in [0.5, 0.6) is 34.5 Å². The fourth-order valence-electron chi connectivity index (χ4n) is 10.4. The molecule has 1 heterocycles. The van der Waals surface area contributed by atoms with Gasteiger partial charge in [-0.2, -0.15) is 5.10 Å². The Kier molecular flexibility index (Phi) is 25.9. The van der Waals surface area contributed by atoms with E-state index in [0.29, 0.717) is 142 Å². The maximum atomic E-state index is 14.4. The normalized spacial score (nSPS) is 16.5. The van der Waals surface area contributed by atoms with Crippen LogP contribution in [0.25, 0.3) is 21.0 Å². The fraction of sp³-hybridized carbons (Fsp3) is 0.420. The van der Waals surface area contributed by atoms with Crippen molar-refractivity contribution in [2.45, 2.75) is 116 Å². The molecule has 2 saturated carbocycles. The highest BCUT2D eigenvalue weighted by atomic mass is 32.1. The van der Waals surface area contributed by atoms with E-state index in [0.717, 1.165) is 73.7 Å². The van der Waals surface area contributed by atoms with Gasteiger partial charge in [-0.3, -0.25) is 19.2 Å². The summed E-state index contributed by atoms with van der Waals surface area (Å²) in [5, 5.41) is 8.72. The Morgan fingerprint density at radius 3 is 1.61 bits per heavy atom. The van der Waals surface area contributed by atoms with Crippen molar-refractivity contribution in [1.82, 2.24) is 4.98 Å². The molecule has 0 radical (unpaired) electrons.